The first-order valence-corrected chi connectivity index (χ1v) is 6.12. The van der Waals surface area contributed by atoms with Gasteiger partial charge < -0.3 is 14.2 Å². The fraction of sp³-hybridized carbons (Fsp3) is 0.308. The second kappa shape index (κ2) is 7.40. The van der Waals surface area contributed by atoms with Crippen LogP contribution in [0.3, 0.4) is 0 Å². The minimum absolute atomic E-state index is 0.461. The zero-order valence-electron chi connectivity index (χ0n) is 12.2. The molecule has 0 N–H and O–H groups in total. The average molecular weight is 374 g/mol. The van der Waals surface area contributed by atoms with E-state index in [0.29, 0.717) is 18.2 Å². The molecule has 0 aliphatic heterocycles. The Morgan fingerprint density at radius 3 is 1.92 bits per heavy atom. The summed E-state index contributed by atoms with van der Waals surface area (Å²) < 4.78 is 85.4. The summed E-state index contributed by atoms with van der Waals surface area (Å²) in [6.45, 7) is 0. The average Bonchev–Trinajstić information content (AvgIpc) is 2.47. The Bertz CT molecular complexity index is 679. The van der Waals surface area contributed by atoms with Crippen molar-refractivity contribution >= 4 is 17.9 Å². The summed E-state index contributed by atoms with van der Waals surface area (Å²) >= 11 is 0. The fourth-order valence-corrected chi connectivity index (χ4v) is 1.41. The molecule has 0 atom stereocenters. The maximum Gasteiger partial charge on any atom is 0.491 e. The molecule has 0 fully saturated rings. The number of carbonyl (C=O) groups is 3. The van der Waals surface area contributed by atoms with Crippen LogP contribution in [0.15, 0.2) is 18.2 Å². The molecule has 0 radical (unpaired) electrons. The highest BCUT2D eigenvalue weighted by Gasteiger charge is 2.42. The van der Waals surface area contributed by atoms with Crippen molar-refractivity contribution in [1.29, 1.82) is 0 Å². The monoisotopic (exact) mass is 374 g/mol. The Hall–Kier alpha value is -2.79. The van der Waals surface area contributed by atoms with Crippen molar-refractivity contribution in [2.75, 3.05) is 7.11 Å². The van der Waals surface area contributed by atoms with Gasteiger partial charge in [-0.25, -0.2) is 9.59 Å². The molecular weight excluding hydrogens is 366 g/mol. The number of halogens is 6. The molecule has 0 aliphatic rings. The van der Waals surface area contributed by atoms with Gasteiger partial charge in [-0.05, 0) is 18.2 Å². The summed E-state index contributed by atoms with van der Waals surface area (Å²) in [5, 5.41) is 0. The van der Waals surface area contributed by atoms with Crippen LogP contribution in [0.4, 0.5) is 26.3 Å². The lowest BCUT2D eigenvalue weighted by Gasteiger charge is -2.13. The van der Waals surface area contributed by atoms with Crippen LogP contribution in [0.2, 0.25) is 0 Å². The van der Waals surface area contributed by atoms with Crippen LogP contribution < -0.4 is 9.47 Å². The van der Waals surface area contributed by atoms with E-state index in [-0.39, 0.29) is 0 Å². The maximum absolute atomic E-state index is 12.2. The Balaban J connectivity index is 3.14. The lowest BCUT2D eigenvalue weighted by atomic mass is 10.1. The Morgan fingerprint density at radius 1 is 0.920 bits per heavy atom. The molecule has 0 saturated heterocycles. The molecule has 0 bridgehead atoms. The van der Waals surface area contributed by atoms with Gasteiger partial charge in [0.25, 0.3) is 0 Å². The predicted molar refractivity (Wildman–Crippen MR) is 65.5 cm³/mol. The summed E-state index contributed by atoms with van der Waals surface area (Å²) in [5.74, 6) is -7.69. The normalized spacial score (nSPS) is 11.6. The van der Waals surface area contributed by atoms with Gasteiger partial charge in [-0.3, -0.25) is 4.79 Å². The smallest absolute Gasteiger partial charge is 0.469 e. The molecule has 0 aliphatic carbocycles. The van der Waals surface area contributed by atoms with Gasteiger partial charge in [0, 0.05) is 5.56 Å². The third kappa shape index (κ3) is 5.97. The highest BCUT2D eigenvalue weighted by atomic mass is 19.4. The first-order chi connectivity index (χ1) is 11.3. The summed E-state index contributed by atoms with van der Waals surface area (Å²) in [5.41, 5.74) is -0.461. The summed E-state index contributed by atoms with van der Waals surface area (Å²) in [4.78, 5) is 32.8. The second-order valence-corrected chi connectivity index (χ2v) is 4.30. The molecule has 0 aromatic heterocycles. The molecule has 1 rings (SSSR count). The van der Waals surface area contributed by atoms with Gasteiger partial charge in [-0.1, -0.05) is 0 Å². The first-order valence-electron chi connectivity index (χ1n) is 6.12. The Kier molecular flexibility index (Phi) is 6.00. The van der Waals surface area contributed by atoms with Gasteiger partial charge in [0.2, 0.25) is 0 Å². The van der Waals surface area contributed by atoms with Crippen molar-refractivity contribution in [2.45, 2.75) is 18.8 Å². The van der Waals surface area contributed by atoms with Crippen molar-refractivity contribution in [3.05, 3.63) is 23.8 Å². The van der Waals surface area contributed by atoms with Gasteiger partial charge in [-0.15, -0.1) is 0 Å². The maximum atomic E-state index is 12.2. The van der Waals surface area contributed by atoms with Crippen LogP contribution in [0, 0.1) is 0 Å². The molecule has 1 aromatic carbocycles. The molecular formula is C13H8F6O6. The van der Waals surface area contributed by atoms with Crippen molar-refractivity contribution in [2.24, 2.45) is 0 Å². The van der Waals surface area contributed by atoms with Gasteiger partial charge in [0.15, 0.2) is 0 Å². The van der Waals surface area contributed by atoms with Gasteiger partial charge >= 0.3 is 30.3 Å². The van der Waals surface area contributed by atoms with Crippen molar-refractivity contribution in [1.82, 2.24) is 0 Å². The number of carbonyl (C=O) groups excluding carboxylic acids is 3. The standard InChI is InChI=1S/C13H8F6O6/c1-23-9(20)5-6-4-7(24-10(21)12(14,15)16)2-3-8(6)25-11(22)13(17,18)19/h2-4H,5H2,1H3. The van der Waals surface area contributed by atoms with Crippen LogP contribution >= 0.6 is 0 Å². The van der Waals surface area contributed by atoms with E-state index in [0.717, 1.165) is 7.11 Å². The fourth-order valence-electron chi connectivity index (χ4n) is 1.41. The second-order valence-electron chi connectivity index (χ2n) is 4.30. The van der Waals surface area contributed by atoms with Gasteiger partial charge in [0.05, 0.1) is 13.5 Å². The molecule has 1 aromatic rings. The van der Waals surface area contributed by atoms with Crippen molar-refractivity contribution in [3.63, 3.8) is 0 Å². The van der Waals surface area contributed by atoms with E-state index in [2.05, 4.69) is 14.2 Å². The molecule has 0 unspecified atom stereocenters. The number of rotatable bonds is 4. The zero-order chi connectivity index (χ0) is 19.4. The van der Waals surface area contributed by atoms with Crippen molar-refractivity contribution in [3.8, 4) is 11.5 Å². The Labute approximate surface area is 135 Å². The van der Waals surface area contributed by atoms with Gasteiger partial charge in [0.1, 0.15) is 11.5 Å². The molecule has 0 heterocycles. The number of esters is 3. The third-order valence-electron chi connectivity index (χ3n) is 2.47. The first kappa shape index (κ1) is 20.3. The topological polar surface area (TPSA) is 78.9 Å². The van der Waals surface area contributed by atoms with Crippen LogP contribution in [-0.2, 0) is 25.5 Å². The van der Waals surface area contributed by atoms with Crippen molar-refractivity contribution < 1.29 is 54.9 Å². The van der Waals surface area contributed by atoms with Crippen LogP contribution in [0.1, 0.15) is 5.56 Å². The molecule has 0 amide bonds. The van der Waals surface area contributed by atoms with Gasteiger partial charge in [-0.2, -0.15) is 26.3 Å². The van der Waals surface area contributed by atoms with E-state index in [1.807, 2.05) is 0 Å². The SMILES string of the molecule is COC(=O)Cc1cc(OC(=O)C(F)(F)F)ccc1OC(=O)C(F)(F)F. The number of hydrogen-bond acceptors (Lipinski definition) is 6. The highest BCUT2D eigenvalue weighted by Crippen LogP contribution is 2.29. The molecule has 138 valence electrons. The number of benzene rings is 1. The van der Waals surface area contributed by atoms with Crippen LogP contribution in [-0.4, -0.2) is 37.4 Å². The number of methoxy groups -OCH3 is 1. The number of ether oxygens (including phenoxy) is 3. The minimum Gasteiger partial charge on any atom is -0.469 e. The molecule has 0 saturated carbocycles. The lowest BCUT2D eigenvalue weighted by Crippen LogP contribution is -2.29. The lowest BCUT2D eigenvalue weighted by molar-refractivity contribution is -0.190. The summed E-state index contributed by atoms with van der Waals surface area (Å²) in [7, 11) is 0.942. The molecule has 25 heavy (non-hydrogen) atoms. The van der Waals surface area contributed by atoms with E-state index in [4.69, 9.17) is 0 Å². The summed E-state index contributed by atoms with van der Waals surface area (Å²) in [6, 6.07) is 1.93. The van der Waals surface area contributed by atoms with E-state index in [1.54, 1.807) is 0 Å². The molecule has 0 spiro atoms. The largest absolute Gasteiger partial charge is 0.491 e. The quantitative estimate of drug-likeness (QED) is 0.457. The number of alkyl halides is 6. The van der Waals surface area contributed by atoms with Crippen LogP contribution in [0.25, 0.3) is 0 Å². The van der Waals surface area contributed by atoms with Crippen LogP contribution in [0.5, 0.6) is 11.5 Å². The third-order valence-corrected chi connectivity index (χ3v) is 2.47. The van der Waals surface area contributed by atoms with E-state index in [1.165, 1.54) is 0 Å². The van der Waals surface area contributed by atoms with E-state index < -0.39 is 53.7 Å². The zero-order valence-corrected chi connectivity index (χ0v) is 12.2. The Morgan fingerprint density at radius 2 is 1.44 bits per heavy atom. The molecule has 6 nitrogen and oxygen atoms in total. The minimum atomic E-state index is -5.34. The summed E-state index contributed by atoms with van der Waals surface area (Å²) in [6.07, 6.45) is -11.4. The number of hydrogen-bond donors (Lipinski definition) is 0. The van der Waals surface area contributed by atoms with E-state index in [9.17, 15) is 40.7 Å². The highest BCUT2D eigenvalue weighted by molar-refractivity contribution is 5.81. The predicted octanol–water partition coefficient (Wildman–Crippen LogP) is 2.34. The molecule has 12 heteroatoms. The van der Waals surface area contributed by atoms with E-state index >= 15 is 0 Å².